The van der Waals surface area contributed by atoms with Gasteiger partial charge in [0.25, 0.3) is 0 Å². The number of hydrogen-bond donors (Lipinski definition) is 2. The van der Waals surface area contributed by atoms with E-state index in [9.17, 15) is 9.90 Å². The summed E-state index contributed by atoms with van der Waals surface area (Å²) < 4.78 is 6.03. The van der Waals surface area contributed by atoms with Crippen molar-refractivity contribution in [3.8, 4) is 5.75 Å². The number of benzene rings is 3. The summed E-state index contributed by atoms with van der Waals surface area (Å²) in [5.74, 6) is 2.37. The third-order valence-corrected chi connectivity index (χ3v) is 8.10. The molecule has 33 heavy (non-hydrogen) atoms. The van der Waals surface area contributed by atoms with Crippen LogP contribution in [-0.2, 0) is 6.61 Å². The largest absolute Gasteiger partial charge is 0.489 e. The highest BCUT2D eigenvalue weighted by molar-refractivity contribution is 5.88. The molecule has 6 rings (SSSR count). The van der Waals surface area contributed by atoms with Crippen molar-refractivity contribution < 1.29 is 14.6 Å². The van der Waals surface area contributed by atoms with Gasteiger partial charge in [0.05, 0.1) is 11.6 Å². The number of fused-ring (bicyclic) bond motifs is 7. The molecule has 4 nitrogen and oxygen atoms in total. The minimum absolute atomic E-state index is 0.250. The van der Waals surface area contributed by atoms with Crippen molar-refractivity contribution in [2.45, 2.75) is 44.8 Å². The summed E-state index contributed by atoms with van der Waals surface area (Å²) in [5, 5.41) is 13.3. The van der Waals surface area contributed by atoms with E-state index >= 15 is 0 Å². The van der Waals surface area contributed by atoms with Crippen LogP contribution in [0.3, 0.4) is 0 Å². The first-order valence-electron chi connectivity index (χ1n) is 12.0. The van der Waals surface area contributed by atoms with Crippen molar-refractivity contribution in [2.24, 2.45) is 17.8 Å². The molecule has 4 heteroatoms. The summed E-state index contributed by atoms with van der Waals surface area (Å²) in [4.78, 5) is 11.6. The highest BCUT2D eigenvalue weighted by Gasteiger charge is 2.53. The molecule has 2 bridgehead atoms. The summed E-state index contributed by atoms with van der Waals surface area (Å²) in [5.41, 5.74) is 6.40. The van der Waals surface area contributed by atoms with E-state index in [1.807, 2.05) is 12.1 Å². The first-order valence-corrected chi connectivity index (χ1v) is 12.0. The standard InChI is InChI=1S/C29H29NO3/c1-17-2-4-18(5-3-17)16-33-23-11-8-19(9-12-23)28-27-21-7-6-20(14-21)26(27)24-15-22(29(31)32)10-13-25(24)30-28/h2-5,8-13,15,20-21,26-28,30H,6-7,14,16H2,1H3,(H,31,32)/t20-,21-,26-,27+,28-/m0/s1. The maximum atomic E-state index is 11.6. The number of carboxylic acid groups (broad SMARTS) is 1. The highest BCUT2D eigenvalue weighted by atomic mass is 16.5. The van der Waals surface area contributed by atoms with Crippen molar-refractivity contribution in [3.63, 3.8) is 0 Å². The van der Waals surface area contributed by atoms with Gasteiger partial charge < -0.3 is 15.2 Å². The third kappa shape index (κ3) is 3.58. The summed E-state index contributed by atoms with van der Waals surface area (Å²) in [6.07, 6.45) is 3.82. The number of hydrogen-bond acceptors (Lipinski definition) is 3. The normalized spacial score (nSPS) is 26.9. The lowest BCUT2D eigenvalue weighted by Crippen LogP contribution is -2.35. The molecular weight excluding hydrogens is 410 g/mol. The van der Waals surface area contributed by atoms with Crippen LogP contribution in [0.1, 0.15) is 63.8 Å². The minimum atomic E-state index is -0.846. The van der Waals surface area contributed by atoms with Crippen LogP contribution < -0.4 is 10.1 Å². The lowest BCUT2D eigenvalue weighted by molar-refractivity contribution is 0.0696. The molecule has 0 amide bonds. The average molecular weight is 440 g/mol. The summed E-state index contributed by atoms with van der Waals surface area (Å²) in [7, 11) is 0. The van der Waals surface area contributed by atoms with Gasteiger partial charge in [-0.3, -0.25) is 0 Å². The van der Waals surface area contributed by atoms with Crippen LogP contribution in [0.5, 0.6) is 5.75 Å². The monoisotopic (exact) mass is 439 g/mol. The van der Waals surface area contributed by atoms with E-state index in [2.05, 4.69) is 60.8 Å². The Hall–Kier alpha value is -3.27. The van der Waals surface area contributed by atoms with Crippen molar-refractivity contribution in [2.75, 3.05) is 5.32 Å². The van der Waals surface area contributed by atoms with E-state index in [1.54, 1.807) is 6.07 Å². The van der Waals surface area contributed by atoms with Crippen LogP contribution in [0.25, 0.3) is 0 Å². The Kier molecular flexibility index (Phi) is 4.90. The van der Waals surface area contributed by atoms with Gasteiger partial charge in [0.2, 0.25) is 0 Å². The second-order valence-electron chi connectivity index (χ2n) is 10.0. The van der Waals surface area contributed by atoms with Crippen LogP contribution in [0.15, 0.2) is 66.7 Å². The molecule has 3 aromatic rings. The molecule has 2 N–H and O–H groups in total. The molecule has 5 atom stereocenters. The Labute approximate surface area is 194 Å². The van der Waals surface area contributed by atoms with E-state index in [4.69, 9.17) is 4.74 Å². The fourth-order valence-electron chi connectivity index (χ4n) is 6.57. The van der Waals surface area contributed by atoms with E-state index in [0.717, 1.165) is 11.4 Å². The van der Waals surface area contributed by atoms with Gasteiger partial charge in [-0.2, -0.15) is 0 Å². The smallest absolute Gasteiger partial charge is 0.335 e. The minimum Gasteiger partial charge on any atom is -0.489 e. The van der Waals surface area contributed by atoms with Gasteiger partial charge in [-0.1, -0.05) is 42.0 Å². The molecule has 1 heterocycles. The van der Waals surface area contributed by atoms with Crippen LogP contribution in [0.4, 0.5) is 5.69 Å². The molecule has 0 aromatic heterocycles. The second kappa shape index (κ2) is 7.95. The fourth-order valence-corrected chi connectivity index (χ4v) is 6.57. The van der Waals surface area contributed by atoms with Crippen molar-refractivity contribution >= 4 is 11.7 Å². The number of aromatic carboxylic acids is 1. The van der Waals surface area contributed by atoms with Crippen LogP contribution in [0, 0.1) is 24.7 Å². The summed E-state index contributed by atoms with van der Waals surface area (Å²) in [6, 6.07) is 22.8. The molecular formula is C29H29NO3. The lowest BCUT2D eigenvalue weighted by atomic mass is 9.68. The highest BCUT2D eigenvalue weighted by Crippen LogP contribution is 2.63. The Morgan fingerprint density at radius 1 is 1.00 bits per heavy atom. The van der Waals surface area contributed by atoms with Gasteiger partial charge in [-0.15, -0.1) is 0 Å². The van der Waals surface area contributed by atoms with E-state index < -0.39 is 5.97 Å². The van der Waals surface area contributed by atoms with Gasteiger partial charge in [0.1, 0.15) is 12.4 Å². The molecule has 0 radical (unpaired) electrons. The summed E-state index contributed by atoms with van der Waals surface area (Å²) >= 11 is 0. The average Bonchev–Trinajstić information content (AvgIpc) is 3.46. The van der Waals surface area contributed by atoms with E-state index in [1.165, 1.54) is 41.5 Å². The summed E-state index contributed by atoms with van der Waals surface area (Å²) in [6.45, 7) is 2.65. The number of anilines is 1. The third-order valence-electron chi connectivity index (χ3n) is 8.10. The van der Waals surface area contributed by atoms with Crippen LogP contribution in [-0.4, -0.2) is 11.1 Å². The molecule has 1 aliphatic heterocycles. The van der Waals surface area contributed by atoms with Gasteiger partial charge in [-0.05, 0) is 96.9 Å². The predicted octanol–water partition coefficient (Wildman–Crippen LogP) is 6.57. The van der Waals surface area contributed by atoms with Crippen molar-refractivity contribution in [1.82, 2.24) is 0 Å². The topological polar surface area (TPSA) is 58.6 Å². The number of aryl methyl sites for hydroxylation is 1. The van der Waals surface area contributed by atoms with Gasteiger partial charge in [0.15, 0.2) is 0 Å². The quantitative estimate of drug-likeness (QED) is 0.472. The lowest BCUT2D eigenvalue weighted by Gasteiger charge is -2.43. The van der Waals surface area contributed by atoms with Crippen molar-refractivity contribution in [1.29, 1.82) is 0 Å². The fraction of sp³-hybridized carbons (Fsp3) is 0.345. The van der Waals surface area contributed by atoms with Gasteiger partial charge >= 0.3 is 5.97 Å². The van der Waals surface area contributed by atoms with E-state index in [-0.39, 0.29) is 6.04 Å². The first kappa shape index (κ1) is 20.3. The number of nitrogens with one attached hydrogen (secondary N) is 1. The zero-order chi connectivity index (χ0) is 22.5. The first-order chi connectivity index (χ1) is 16.1. The molecule has 3 aromatic carbocycles. The zero-order valence-electron chi connectivity index (χ0n) is 18.8. The Balaban J connectivity index is 1.25. The molecule has 2 fully saturated rings. The van der Waals surface area contributed by atoms with Gasteiger partial charge in [-0.25, -0.2) is 4.79 Å². The molecule has 0 saturated heterocycles. The second-order valence-corrected chi connectivity index (χ2v) is 10.0. The Morgan fingerprint density at radius 3 is 2.52 bits per heavy atom. The Morgan fingerprint density at radius 2 is 1.76 bits per heavy atom. The molecule has 0 unspecified atom stereocenters. The van der Waals surface area contributed by atoms with E-state index in [0.29, 0.717) is 35.8 Å². The SMILES string of the molecule is Cc1ccc(COc2ccc([C@@H]3Nc4ccc(C(=O)O)cc4[C@@H]4[C@H]5CC[C@@H](C5)[C@H]43)cc2)cc1. The van der Waals surface area contributed by atoms with Crippen LogP contribution in [0.2, 0.25) is 0 Å². The Bertz CT molecular complexity index is 1180. The zero-order valence-corrected chi connectivity index (χ0v) is 18.8. The van der Waals surface area contributed by atoms with Crippen molar-refractivity contribution in [3.05, 3.63) is 94.5 Å². The van der Waals surface area contributed by atoms with Crippen LogP contribution >= 0.6 is 0 Å². The van der Waals surface area contributed by atoms with Gasteiger partial charge in [0, 0.05) is 5.69 Å². The molecule has 2 aliphatic carbocycles. The maximum Gasteiger partial charge on any atom is 0.335 e. The molecule has 3 aliphatic rings. The molecule has 0 spiro atoms. The predicted molar refractivity (Wildman–Crippen MR) is 129 cm³/mol. The molecule has 2 saturated carbocycles. The maximum absolute atomic E-state index is 11.6. The number of rotatable bonds is 5. The number of carbonyl (C=O) groups is 1. The number of carboxylic acids is 1. The number of ether oxygens (including phenoxy) is 1. The molecule has 168 valence electrons.